The van der Waals surface area contributed by atoms with Crippen LogP contribution in [0.15, 0.2) is 41.9 Å². The number of rotatable bonds is 6. The number of thiazole rings is 1. The molecule has 1 aromatic carbocycles. The summed E-state index contributed by atoms with van der Waals surface area (Å²) in [5.41, 5.74) is 6.05. The monoisotopic (exact) mass is 435 g/mol. The number of aryl methyl sites for hydroxylation is 2. The van der Waals surface area contributed by atoms with E-state index in [0.29, 0.717) is 22.1 Å². The molecule has 3 heterocycles. The highest BCUT2D eigenvalue weighted by atomic mass is 32.1. The molecule has 0 spiro atoms. The third-order valence-electron chi connectivity index (χ3n) is 4.78. The van der Waals surface area contributed by atoms with Crippen molar-refractivity contribution in [2.75, 3.05) is 12.4 Å². The fraction of sp³-hybridized carbons (Fsp3) is 0.261. The lowest BCUT2D eigenvalue weighted by Crippen LogP contribution is -2.18. The number of imidazole rings is 1. The molecule has 2 N–H and O–H groups in total. The summed E-state index contributed by atoms with van der Waals surface area (Å²) in [5.74, 6) is 0.511. The van der Waals surface area contributed by atoms with Gasteiger partial charge in [0.25, 0.3) is 5.91 Å². The number of benzene rings is 1. The molecule has 4 aromatic rings. The number of pyridine rings is 1. The van der Waals surface area contributed by atoms with Crippen LogP contribution in [0, 0.1) is 13.8 Å². The van der Waals surface area contributed by atoms with E-state index in [1.807, 2.05) is 32.3 Å². The van der Waals surface area contributed by atoms with Gasteiger partial charge in [0.15, 0.2) is 5.13 Å². The lowest BCUT2D eigenvalue weighted by Gasteiger charge is -2.15. The van der Waals surface area contributed by atoms with Crippen LogP contribution in [-0.4, -0.2) is 33.4 Å². The number of fused-ring (bicyclic) bond motifs is 1. The predicted octanol–water partition coefficient (Wildman–Crippen LogP) is 4.97. The van der Waals surface area contributed by atoms with Crippen LogP contribution in [0.2, 0.25) is 0 Å². The van der Waals surface area contributed by atoms with E-state index in [9.17, 15) is 4.79 Å². The van der Waals surface area contributed by atoms with Crippen molar-refractivity contribution in [2.45, 2.75) is 33.8 Å². The summed E-state index contributed by atoms with van der Waals surface area (Å²) in [5, 5.41) is 8.69. The van der Waals surface area contributed by atoms with Gasteiger partial charge in [-0.3, -0.25) is 9.20 Å². The fourth-order valence-electron chi connectivity index (χ4n) is 3.40. The molecule has 0 bridgehead atoms. The molecule has 0 aliphatic rings. The van der Waals surface area contributed by atoms with Crippen LogP contribution in [0.3, 0.4) is 0 Å². The van der Waals surface area contributed by atoms with Crippen molar-refractivity contribution in [3.8, 4) is 17.1 Å². The highest BCUT2D eigenvalue weighted by molar-refractivity contribution is 7.14. The van der Waals surface area contributed by atoms with Crippen LogP contribution < -0.4 is 15.4 Å². The minimum absolute atomic E-state index is 0.00233. The minimum Gasteiger partial charge on any atom is -0.489 e. The topological polar surface area (TPSA) is 80.5 Å². The van der Waals surface area contributed by atoms with Crippen LogP contribution in [0.25, 0.3) is 17.0 Å². The molecule has 160 valence electrons. The minimum atomic E-state index is -0.157. The third kappa shape index (κ3) is 4.25. The quantitative estimate of drug-likeness (QED) is 0.447. The van der Waals surface area contributed by atoms with E-state index in [0.717, 1.165) is 22.7 Å². The average molecular weight is 436 g/mol. The van der Waals surface area contributed by atoms with Gasteiger partial charge in [-0.15, -0.1) is 11.3 Å². The van der Waals surface area contributed by atoms with Crippen LogP contribution in [-0.2, 0) is 0 Å². The lowest BCUT2D eigenvalue weighted by molar-refractivity contribution is 0.0963. The summed E-state index contributed by atoms with van der Waals surface area (Å²) >= 11 is 1.49. The number of anilines is 2. The first kappa shape index (κ1) is 20.9. The zero-order chi connectivity index (χ0) is 22.1. The van der Waals surface area contributed by atoms with E-state index < -0.39 is 0 Å². The maximum Gasteiger partial charge on any atom is 0.251 e. The number of nitrogens with one attached hydrogen (secondary N) is 2. The van der Waals surface area contributed by atoms with Crippen molar-refractivity contribution in [3.63, 3.8) is 0 Å². The molecular formula is C23H25N5O2S. The van der Waals surface area contributed by atoms with Crippen molar-refractivity contribution < 1.29 is 9.53 Å². The second-order valence-corrected chi connectivity index (χ2v) is 8.46. The van der Waals surface area contributed by atoms with E-state index >= 15 is 0 Å². The fourth-order valence-corrected chi connectivity index (χ4v) is 4.11. The van der Waals surface area contributed by atoms with Gasteiger partial charge in [0, 0.05) is 24.2 Å². The molecule has 0 aliphatic heterocycles. The maximum absolute atomic E-state index is 12.1. The number of carbonyl (C=O) groups is 1. The van der Waals surface area contributed by atoms with Gasteiger partial charge in [-0.2, -0.15) is 0 Å². The SMILES string of the molecule is CNC(=O)c1ccc(OC(C)C)c(Nc2nc(-c3c(C)nc4cc(C)ccn34)cs2)c1. The standard InChI is InChI=1S/C23H25N5O2S/c1-13(2)30-19-7-6-16(22(29)24-5)11-17(19)26-23-27-18(12-31-23)21-15(4)25-20-10-14(3)8-9-28(20)21/h6-13H,1-5H3,(H,24,29)(H,26,27). The van der Waals surface area contributed by atoms with E-state index in [2.05, 4.69) is 39.1 Å². The van der Waals surface area contributed by atoms with Crippen molar-refractivity contribution >= 4 is 33.7 Å². The molecule has 0 atom stereocenters. The Morgan fingerprint density at radius 1 is 1.16 bits per heavy atom. The predicted molar refractivity (Wildman–Crippen MR) is 125 cm³/mol. The molecule has 0 fully saturated rings. The summed E-state index contributed by atoms with van der Waals surface area (Å²) in [6.07, 6.45) is 2.02. The Hall–Kier alpha value is -3.39. The van der Waals surface area contributed by atoms with E-state index in [-0.39, 0.29) is 12.0 Å². The molecule has 0 aliphatic carbocycles. The highest BCUT2D eigenvalue weighted by Gasteiger charge is 2.16. The highest BCUT2D eigenvalue weighted by Crippen LogP contribution is 2.34. The van der Waals surface area contributed by atoms with Gasteiger partial charge < -0.3 is 15.4 Å². The van der Waals surface area contributed by atoms with Crippen LogP contribution in [0.1, 0.15) is 35.5 Å². The number of hydrogen-bond acceptors (Lipinski definition) is 6. The van der Waals surface area contributed by atoms with E-state index in [1.165, 1.54) is 16.9 Å². The van der Waals surface area contributed by atoms with Crippen LogP contribution >= 0.6 is 11.3 Å². The van der Waals surface area contributed by atoms with E-state index in [1.54, 1.807) is 25.2 Å². The normalized spacial score (nSPS) is 11.2. The molecule has 4 rings (SSSR count). The first-order chi connectivity index (χ1) is 14.9. The molecule has 1 amide bonds. The maximum atomic E-state index is 12.1. The summed E-state index contributed by atoms with van der Waals surface area (Å²) in [7, 11) is 1.61. The number of ether oxygens (including phenoxy) is 1. The third-order valence-corrected chi connectivity index (χ3v) is 5.53. The number of aromatic nitrogens is 3. The Kier molecular flexibility index (Phi) is 5.65. The smallest absolute Gasteiger partial charge is 0.251 e. The average Bonchev–Trinajstić information content (AvgIpc) is 3.30. The molecule has 0 saturated carbocycles. The van der Waals surface area contributed by atoms with Gasteiger partial charge in [0.05, 0.1) is 23.2 Å². The van der Waals surface area contributed by atoms with Gasteiger partial charge in [-0.25, -0.2) is 9.97 Å². The summed E-state index contributed by atoms with van der Waals surface area (Å²) in [6.45, 7) is 7.98. The zero-order valence-corrected chi connectivity index (χ0v) is 19.0. The van der Waals surface area contributed by atoms with Gasteiger partial charge in [0.2, 0.25) is 0 Å². The van der Waals surface area contributed by atoms with Gasteiger partial charge in [-0.1, -0.05) is 0 Å². The van der Waals surface area contributed by atoms with Crippen molar-refractivity contribution in [1.82, 2.24) is 19.7 Å². The largest absolute Gasteiger partial charge is 0.489 e. The molecule has 8 heteroatoms. The Morgan fingerprint density at radius 3 is 2.71 bits per heavy atom. The van der Waals surface area contributed by atoms with Gasteiger partial charge in [0.1, 0.15) is 17.1 Å². The van der Waals surface area contributed by atoms with Crippen molar-refractivity contribution in [1.29, 1.82) is 0 Å². The Bertz CT molecular complexity index is 1260. The lowest BCUT2D eigenvalue weighted by atomic mass is 10.1. The Morgan fingerprint density at radius 2 is 1.97 bits per heavy atom. The molecule has 0 unspecified atom stereocenters. The first-order valence-electron chi connectivity index (χ1n) is 10.1. The molecule has 0 saturated heterocycles. The molecule has 7 nitrogen and oxygen atoms in total. The van der Waals surface area contributed by atoms with Gasteiger partial charge in [-0.05, 0) is 63.6 Å². The van der Waals surface area contributed by atoms with E-state index in [4.69, 9.17) is 9.72 Å². The Balaban J connectivity index is 1.69. The molecule has 0 radical (unpaired) electrons. The zero-order valence-electron chi connectivity index (χ0n) is 18.2. The molecule has 31 heavy (non-hydrogen) atoms. The molecular weight excluding hydrogens is 410 g/mol. The number of hydrogen-bond donors (Lipinski definition) is 2. The number of nitrogens with zero attached hydrogens (tertiary/aromatic N) is 3. The van der Waals surface area contributed by atoms with Crippen LogP contribution in [0.5, 0.6) is 5.75 Å². The van der Waals surface area contributed by atoms with Crippen molar-refractivity contribution in [3.05, 3.63) is 58.7 Å². The second kappa shape index (κ2) is 8.39. The first-order valence-corrected chi connectivity index (χ1v) is 10.9. The summed E-state index contributed by atoms with van der Waals surface area (Å²) < 4.78 is 7.98. The summed E-state index contributed by atoms with van der Waals surface area (Å²) in [6, 6.07) is 9.45. The number of amides is 1. The van der Waals surface area contributed by atoms with Crippen LogP contribution in [0.4, 0.5) is 10.8 Å². The molecule has 3 aromatic heterocycles. The number of carbonyl (C=O) groups excluding carboxylic acids is 1. The second-order valence-electron chi connectivity index (χ2n) is 7.60. The Labute approximate surface area is 185 Å². The van der Waals surface area contributed by atoms with Gasteiger partial charge >= 0.3 is 0 Å². The summed E-state index contributed by atoms with van der Waals surface area (Å²) in [4.78, 5) is 21.6. The van der Waals surface area contributed by atoms with Crippen molar-refractivity contribution in [2.24, 2.45) is 0 Å².